The smallest absolute Gasteiger partial charge is 0.358 e. The van der Waals surface area contributed by atoms with Gasteiger partial charge in [-0.2, -0.15) is 0 Å². The summed E-state index contributed by atoms with van der Waals surface area (Å²) in [7, 11) is 0. The number of hydrogen-bond donors (Lipinski definition) is 2. The first-order chi connectivity index (χ1) is 26.9. The molecule has 2 aliphatic heterocycles. The first-order valence-corrected chi connectivity index (χ1v) is 20.5. The van der Waals surface area contributed by atoms with Gasteiger partial charge in [-0.25, -0.2) is 14.8 Å². The van der Waals surface area contributed by atoms with E-state index in [4.69, 9.17) is 14.8 Å². The fourth-order valence-corrected chi connectivity index (χ4v) is 8.88. The molecule has 2 N–H and O–H groups in total. The molecule has 1 amide bonds. The zero-order valence-corrected chi connectivity index (χ0v) is 33.6. The van der Waals surface area contributed by atoms with E-state index < -0.39 is 17.5 Å². The lowest BCUT2D eigenvalue weighted by Crippen LogP contribution is -2.37. The van der Waals surface area contributed by atoms with Crippen LogP contribution in [0.1, 0.15) is 96.0 Å². The minimum absolute atomic E-state index is 0.136. The van der Waals surface area contributed by atoms with Crippen LogP contribution in [0.15, 0.2) is 72.8 Å². The molecule has 0 bridgehead atoms. The van der Waals surface area contributed by atoms with Gasteiger partial charge in [-0.3, -0.25) is 19.8 Å². The van der Waals surface area contributed by atoms with Crippen molar-refractivity contribution in [3.63, 3.8) is 0 Å². The molecular formula is C45H51N5O5S. The van der Waals surface area contributed by atoms with Crippen molar-refractivity contribution in [3.8, 4) is 11.1 Å². The number of carboxylic acids is 1. The summed E-state index contributed by atoms with van der Waals surface area (Å²) in [6.45, 7) is 10.7. The van der Waals surface area contributed by atoms with Gasteiger partial charge in [0.1, 0.15) is 11.4 Å². The average Bonchev–Trinajstić information content (AvgIpc) is 3.58. The van der Waals surface area contributed by atoms with Crippen LogP contribution < -0.4 is 10.2 Å². The number of hydrogen-bond acceptors (Lipinski definition) is 9. The van der Waals surface area contributed by atoms with Crippen LogP contribution in [-0.2, 0) is 28.9 Å². The largest absolute Gasteiger partial charge is 0.480 e. The number of fused-ring (bicyclic) bond motifs is 2. The number of carbonyl (C=O) groups excluding carboxylic acids is 2. The van der Waals surface area contributed by atoms with Crippen LogP contribution >= 0.6 is 11.3 Å². The fourth-order valence-electron chi connectivity index (χ4n) is 8.02. The number of carbonyl (C=O) groups is 3. The minimum Gasteiger partial charge on any atom is -0.480 e. The molecule has 0 unspecified atom stereocenters. The van der Waals surface area contributed by atoms with Crippen molar-refractivity contribution < 1.29 is 24.2 Å². The summed E-state index contributed by atoms with van der Waals surface area (Å²) in [5.41, 5.74) is 7.17. The van der Waals surface area contributed by atoms with E-state index in [2.05, 4.69) is 46.4 Å². The van der Waals surface area contributed by atoms with Gasteiger partial charge in [-0.1, -0.05) is 66.6 Å². The van der Waals surface area contributed by atoms with Gasteiger partial charge in [0.05, 0.1) is 16.8 Å². The predicted molar refractivity (Wildman–Crippen MR) is 223 cm³/mol. The van der Waals surface area contributed by atoms with Crippen molar-refractivity contribution in [1.29, 1.82) is 0 Å². The van der Waals surface area contributed by atoms with E-state index in [1.807, 2.05) is 74.2 Å². The number of rotatable bonds is 12. The van der Waals surface area contributed by atoms with E-state index in [0.29, 0.717) is 35.5 Å². The van der Waals surface area contributed by atoms with Crippen LogP contribution in [0, 0.1) is 12.8 Å². The molecule has 0 radical (unpaired) electrons. The molecule has 4 heterocycles. The molecule has 5 aromatic rings. The van der Waals surface area contributed by atoms with Gasteiger partial charge < -0.3 is 14.7 Å². The van der Waals surface area contributed by atoms with E-state index in [-0.39, 0.29) is 18.1 Å². The number of piperidine rings is 1. The number of unbranched alkanes of at least 4 members (excludes halogenated alkanes) is 1. The number of anilines is 2. The number of aryl methyl sites for hydroxylation is 1. The number of likely N-dealkylation sites (tertiary alicyclic amines) is 1. The predicted octanol–water partition coefficient (Wildman–Crippen LogP) is 8.95. The van der Waals surface area contributed by atoms with E-state index in [0.717, 1.165) is 96.1 Å². The Balaban J connectivity index is 1.08. The standard InChI is InChI=1S/C45H51N5O5S/c1-29-31(12-6-5-11-30-21-24-49(25-22-30)28-40(51)52)13-9-15-33(29)34-19-20-39(47-41(34)43(54)55-45(2,3)4)50-26-23-32-14-10-16-35(36(32)27-50)42(53)48-44-46-37-17-7-8-18-38(37)56-44/h7-10,13-20,30H,5-6,11-12,21-28H2,1-4H3,(H,51,52)(H,46,48,53). The molecule has 1 saturated heterocycles. The highest BCUT2D eigenvalue weighted by Crippen LogP contribution is 2.34. The number of nitrogens with zero attached hydrogens (tertiary/aromatic N) is 4. The van der Waals surface area contributed by atoms with Gasteiger partial charge in [-0.15, -0.1) is 0 Å². The maximum absolute atomic E-state index is 13.9. The third kappa shape index (κ3) is 9.28. The summed E-state index contributed by atoms with van der Waals surface area (Å²) >= 11 is 1.45. The van der Waals surface area contributed by atoms with Gasteiger partial charge >= 0.3 is 11.9 Å². The number of esters is 1. The van der Waals surface area contributed by atoms with Gasteiger partial charge in [0, 0.05) is 24.2 Å². The van der Waals surface area contributed by atoms with Crippen LogP contribution in [0.5, 0.6) is 0 Å². The van der Waals surface area contributed by atoms with Crippen molar-refractivity contribution in [2.24, 2.45) is 5.92 Å². The Kier molecular flexibility index (Phi) is 11.8. The summed E-state index contributed by atoms with van der Waals surface area (Å²) in [4.78, 5) is 52.5. The summed E-state index contributed by atoms with van der Waals surface area (Å²) in [5.74, 6) is -0.117. The highest BCUT2D eigenvalue weighted by molar-refractivity contribution is 7.22. The van der Waals surface area contributed by atoms with Crippen molar-refractivity contribution in [3.05, 3.63) is 106 Å². The maximum atomic E-state index is 13.9. The summed E-state index contributed by atoms with van der Waals surface area (Å²) in [6, 6.07) is 24.0. The Hall–Kier alpha value is -5.13. The molecule has 10 nitrogen and oxygen atoms in total. The monoisotopic (exact) mass is 773 g/mol. The maximum Gasteiger partial charge on any atom is 0.358 e. The van der Waals surface area contributed by atoms with Crippen LogP contribution in [0.3, 0.4) is 0 Å². The Labute approximate surface area is 332 Å². The first kappa shape index (κ1) is 39.1. The lowest BCUT2D eigenvalue weighted by Gasteiger charge is -2.31. The average molecular weight is 774 g/mol. The number of aliphatic carboxylic acids is 1. The number of ether oxygens (including phenoxy) is 1. The third-order valence-electron chi connectivity index (χ3n) is 10.9. The number of para-hydroxylation sites is 1. The molecule has 3 aromatic carbocycles. The van der Waals surface area contributed by atoms with E-state index in [1.165, 1.54) is 16.9 Å². The van der Waals surface area contributed by atoms with E-state index in [1.54, 1.807) is 0 Å². The third-order valence-corrected chi connectivity index (χ3v) is 11.9. The molecule has 2 aliphatic rings. The van der Waals surface area contributed by atoms with Gasteiger partial charge in [-0.05, 0) is 137 Å². The second-order valence-electron chi connectivity index (χ2n) is 16.1. The summed E-state index contributed by atoms with van der Waals surface area (Å²) in [6.07, 6.45) is 7.13. The zero-order valence-electron chi connectivity index (χ0n) is 32.8. The number of carboxylic acid groups (broad SMARTS) is 1. The number of benzene rings is 3. The van der Waals surface area contributed by atoms with E-state index >= 15 is 0 Å². The normalized spacial score (nSPS) is 15.1. The second-order valence-corrected chi connectivity index (χ2v) is 17.1. The Morgan fingerprint density at radius 3 is 2.46 bits per heavy atom. The molecule has 7 rings (SSSR count). The number of aromatic nitrogens is 2. The van der Waals surface area contributed by atoms with Crippen molar-refractivity contribution in [2.45, 2.75) is 84.8 Å². The summed E-state index contributed by atoms with van der Waals surface area (Å²) in [5, 5.41) is 12.7. The Morgan fingerprint density at radius 2 is 1.70 bits per heavy atom. The lowest BCUT2D eigenvalue weighted by atomic mass is 9.89. The second kappa shape index (κ2) is 16.9. The molecule has 11 heteroatoms. The number of thiazole rings is 1. The SMILES string of the molecule is Cc1c(CCCCC2CCN(CC(=O)O)CC2)cccc1-c1ccc(N2CCc3cccc(C(=O)Nc4nc5ccccc5s4)c3C2)nc1C(=O)OC(C)(C)C. The van der Waals surface area contributed by atoms with Crippen LogP contribution in [0.2, 0.25) is 0 Å². The quantitative estimate of drug-likeness (QED) is 0.0945. The highest BCUT2D eigenvalue weighted by atomic mass is 32.1. The van der Waals surface area contributed by atoms with Gasteiger partial charge in [0.15, 0.2) is 10.8 Å². The summed E-state index contributed by atoms with van der Waals surface area (Å²) < 4.78 is 6.95. The molecular weight excluding hydrogens is 723 g/mol. The Bertz CT molecular complexity index is 2200. The number of amides is 1. The topological polar surface area (TPSA) is 125 Å². The molecule has 0 saturated carbocycles. The van der Waals surface area contributed by atoms with Crippen molar-refractivity contribution in [1.82, 2.24) is 14.9 Å². The van der Waals surface area contributed by atoms with Gasteiger partial charge in [0.25, 0.3) is 5.91 Å². The first-order valence-electron chi connectivity index (χ1n) is 19.7. The molecule has 0 atom stereocenters. The van der Waals surface area contributed by atoms with E-state index in [9.17, 15) is 14.4 Å². The zero-order chi connectivity index (χ0) is 39.4. The Morgan fingerprint density at radius 1 is 0.911 bits per heavy atom. The molecule has 56 heavy (non-hydrogen) atoms. The molecule has 2 aromatic heterocycles. The minimum atomic E-state index is -0.752. The van der Waals surface area contributed by atoms with Crippen molar-refractivity contribution in [2.75, 3.05) is 36.4 Å². The molecule has 0 spiro atoms. The lowest BCUT2D eigenvalue weighted by molar-refractivity contribution is -0.138. The fraction of sp³-hybridized carbons (Fsp3) is 0.400. The number of pyridine rings is 1. The van der Waals surface area contributed by atoms with Crippen LogP contribution in [-0.4, -0.2) is 69.6 Å². The highest BCUT2D eigenvalue weighted by Gasteiger charge is 2.28. The number of nitrogens with one attached hydrogen (secondary N) is 1. The van der Waals surface area contributed by atoms with Crippen LogP contribution in [0.4, 0.5) is 10.9 Å². The van der Waals surface area contributed by atoms with Crippen molar-refractivity contribution >= 4 is 50.3 Å². The molecule has 292 valence electrons. The molecule has 1 fully saturated rings. The van der Waals surface area contributed by atoms with Gasteiger partial charge in [0.2, 0.25) is 0 Å². The van der Waals surface area contributed by atoms with Crippen LogP contribution in [0.25, 0.3) is 21.3 Å². The molecule has 0 aliphatic carbocycles.